The predicted molar refractivity (Wildman–Crippen MR) is 192 cm³/mol. The van der Waals surface area contributed by atoms with Gasteiger partial charge in [-0.3, -0.25) is 0 Å². The van der Waals surface area contributed by atoms with Gasteiger partial charge < -0.3 is 5.32 Å². The number of benzene rings is 2. The Labute approximate surface area is 260 Å². The highest BCUT2D eigenvalue weighted by atomic mass is 33.4. The van der Waals surface area contributed by atoms with Gasteiger partial charge >= 0.3 is 0 Å². The lowest BCUT2D eigenvalue weighted by Gasteiger charge is -2.08. The molecule has 0 bridgehead atoms. The van der Waals surface area contributed by atoms with E-state index >= 15 is 0 Å². The van der Waals surface area contributed by atoms with Gasteiger partial charge in [-0.2, -0.15) is 0 Å². The fourth-order valence-electron chi connectivity index (χ4n) is 3.84. The fourth-order valence-corrected chi connectivity index (χ4v) is 16.7. The predicted octanol–water partition coefficient (Wildman–Crippen LogP) is 7.96. The molecule has 0 aliphatic carbocycles. The number of pyridine rings is 2. The zero-order valence-electron chi connectivity index (χ0n) is 19.7. The largest absolute Gasteiger partial charge is 0.325 e. The minimum Gasteiger partial charge on any atom is -0.325 e. The molecule has 0 saturated heterocycles. The zero-order valence-corrected chi connectivity index (χ0v) is 27.9. The van der Waals surface area contributed by atoms with Crippen molar-refractivity contribution in [1.82, 2.24) is 9.97 Å². The second kappa shape index (κ2) is 14.7. The number of anilines is 2. The van der Waals surface area contributed by atoms with E-state index in [4.69, 9.17) is 9.97 Å². The fraction of sp³-hybridized carbons (Fsp3) is 0. The topological polar surface area (TPSA) is 37.8 Å². The molecule has 0 fully saturated rings. The van der Waals surface area contributed by atoms with Gasteiger partial charge in [0.05, 0.1) is 11.4 Å². The Morgan fingerprint density at radius 3 is 1.46 bits per heavy atom. The number of hydrogen-bond acceptors (Lipinski definition) is 7. The van der Waals surface area contributed by atoms with Crippen molar-refractivity contribution < 1.29 is 0 Å². The van der Waals surface area contributed by atoms with E-state index in [1.165, 1.54) is 37.9 Å². The summed E-state index contributed by atoms with van der Waals surface area (Å²) >= 11 is 12.7. The smallest absolute Gasteiger partial charge is 0.132 e. The Hall–Kier alpha value is -1.78. The Balaban J connectivity index is 0.000000339. The summed E-state index contributed by atoms with van der Waals surface area (Å²) in [5.74, 6) is 1.57. The molecule has 13 heteroatoms. The first kappa shape index (κ1) is 28.7. The molecule has 0 spiro atoms. The van der Waals surface area contributed by atoms with Gasteiger partial charge in [0, 0.05) is 118 Å². The lowest BCUT2D eigenvalue weighted by molar-refractivity contribution is 1.26. The standard InChI is InChI=1S/C26H17N3S2.S8/c1-3-11-23-17(7-1)19(15-30-23)21-9-5-13-25(27-21)29-26-14-6-10-22(28-26)20-16-31-24-12-4-2-8-18(20)24;1-3-5-7-8-6-4-2/h1-16H,(H,27,28,29);. The van der Waals surface area contributed by atoms with E-state index in [0.717, 1.165) is 34.2 Å². The lowest BCUT2D eigenvalue weighted by atomic mass is 10.1. The molecule has 0 aliphatic heterocycles. The van der Waals surface area contributed by atoms with E-state index in [9.17, 15) is 0 Å². The van der Waals surface area contributed by atoms with Crippen molar-refractivity contribution in [1.29, 1.82) is 0 Å². The Kier molecular flexibility index (Phi) is 10.9. The van der Waals surface area contributed by atoms with E-state index in [2.05, 4.69) is 99.1 Å². The van der Waals surface area contributed by atoms with Crippen molar-refractivity contribution in [3.63, 3.8) is 0 Å². The van der Waals surface area contributed by atoms with Crippen molar-refractivity contribution in [2.45, 2.75) is 0 Å². The van der Waals surface area contributed by atoms with E-state index in [0.29, 0.717) is 0 Å². The van der Waals surface area contributed by atoms with E-state index in [1.807, 2.05) is 24.3 Å². The SMILES string of the molecule is S=S=S=S=S=S=S=S.c1cc(Nc2cccc(-c3csc4ccccc34)n2)nc(-c2csc3ccccc23)c1. The number of thiophene rings is 2. The Morgan fingerprint density at radius 1 is 0.538 bits per heavy atom. The van der Waals surface area contributed by atoms with Crippen LogP contribution in [0.5, 0.6) is 0 Å². The number of hydrogen-bond donors (Lipinski definition) is 1. The lowest BCUT2D eigenvalue weighted by Crippen LogP contribution is -1.97. The number of nitrogens with zero attached hydrogens (tertiary/aromatic N) is 2. The van der Waals surface area contributed by atoms with Crippen LogP contribution in [0.3, 0.4) is 0 Å². The summed E-state index contributed by atoms with van der Waals surface area (Å²) in [7, 11) is 9.12. The monoisotopic (exact) mass is 691 g/mol. The van der Waals surface area contributed by atoms with Gasteiger partial charge in [0.2, 0.25) is 0 Å². The molecule has 6 rings (SSSR count). The maximum Gasteiger partial charge on any atom is 0.132 e. The van der Waals surface area contributed by atoms with Crippen LogP contribution in [-0.4, -0.2) is 9.97 Å². The van der Waals surface area contributed by atoms with Crippen LogP contribution in [0.25, 0.3) is 42.7 Å². The molecule has 0 atom stereocenters. The van der Waals surface area contributed by atoms with E-state index < -0.39 is 0 Å². The summed E-state index contributed by atoms with van der Waals surface area (Å²) in [6, 6.07) is 29.0. The number of aromatic nitrogens is 2. The first-order valence-electron chi connectivity index (χ1n) is 11.2. The van der Waals surface area contributed by atoms with Crippen LogP contribution < -0.4 is 5.32 Å². The zero-order chi connectivity index (χ0) is 26.9. The molecule has 1 N–H and O–H groups in total. The molecule has 196 valence electrons. The number of nitrogens with one attached hydrogen (secondary N) is 1. The second-order valence-electron chi connectivity index (χ2n) is 7.64. The summed E-state index contributed by atoms with van der Waals surface area (Å²) in [5.41, 5.74) is 4.25. The average molecular weight is 692 g/mol. The first-order chi connectivity index (χ1) is 19.3. The highest BCUT2D eigenvalue weighted by molar-refractivity contribution is 8.70. The van der Waals surface area contributed by atoms with Gasteiger partial charge in [-0.05, 0) is 36.4 Å². The third kappa shape index (κ3) is 7.50. The van der Waals surface area contributed by atoms with Crippen molar-refractivity contribution in [2.24, 2.45) is 0 Å². The van der Waals surface area contributed by atoms with Gasteiger partial charge in [0.25, 0.3) is 0 Å². The first-order valence-corrected chi connectivity index (χ1v) is 22.3. The second-order valence-corrected chi connectivity index (χ2v) is 20.1. The van der Waals surface area contributed by atoms with Crippen LogP contribution in [0, 0.1) is 0 Å². The van der Waals surface area contributed by atoms with E-state index in [-0.39, 0.29) is 0 Å². The summed E-state index contributed by atoms with van der Waals surface area (Å²) in [6.07, 6.45) is 0. The van der Waals surface area contributed by atoms with E-state index in [1.54, 1.807) is 58.2 Å². The molecule has 6 aromatic rings. The molecular formula is C26H17N3S10. The molecule has 0 unspecified atom stereocenters. The van der Waals surface area contributed by atoms with Gasteiger partial charge in [-0.25, -0.2) is 9.97 Å². The van der Waals surface area contributed by atoms with Gasteiger partial charge in [-0.1, -0.05) is 48.5 Å². The number of fused-ring (bicyclic) bond motifs is 2. The molecule has 0 radical (unpaired) electrons. The molecule has 4 aromatic heterocycles. The maximum atomic E-state index is 4.86. The van der Waals surface area contributed by atoms with Crippen molar-refractivity contribution in [3.05, 3.63) is 95.7 Å². The van der Waals surface area contributed by atoms with Crippen LogP contribution in [-0.2, 0) is 75.7 Å². The Bertz CT molecular complexity index is 1880. The maximum absolute atomic E-state index is 4.86. The van der Waals surface area contributed by atoms with Gasteiger partial charge in [-0.15, -0.1) is 22.7 Å². The molecule has 2 aromatic carbocycles. The molecule has 0 aliphatic rings. The highest BCUT2D eigenvalue weighted by Crippen LogP contribution is 2.35. The third-order valence-corrected chi connectivity index (χ3v) is 18.4. The molecule has 3 nitrogen and oxygen atoms in total. The normalized spacial score (nSPS) is 10.3. The summed E-state index contributed by atoms with van der Waals surface area (Å²) in [4.78, 5) is 9.72. The average Bonchev–Trinajstić information content (AvgIpc) is 3.61. The van der Waals surface area contributed by atoms with Crippen molar-refractivity contribution in [3.8, 4) is 22.5 Å². The minimum atomic E-state index is 0.785. The van der Waals surface area contributed by atoms with Crippen LogP contribution in [0.15, 0.2) is 95.7 Å². The van der Waals surface area contributed by atoms with Crippen molar-refractivity contribution >= 4 is 130 Å². The van der Waals surface area contributed by atoms with Crippen LogP contribution in [0.4, 0.5) is 11.6 Å². The quantitative estimate of drug-likeness (QED) is 0.203. The number of rotatable bonds is 4. The molecule has 0 saturated carbocycles. The van der Waals surface area contributed by atoms with Gasteiger partial charge in [0.15, 0.2) is 0 Å². The third-order valence-electron chi connectivity index (χ3n) is 5.41. The molecule has 39 heavy (non-hydrogen) atoms. The molecule has 0 amide bonds. The van der Waals surface area contributed by atoms with Crippen LogP contribution in [0.1, 0.15) is 0 Å². The Morgan fingerprint density at radius 2 is 1.00 bits per heavy atom. The highest BCUT2D eigenvalue weighted by Gasteiger charge is 2.10. The van der Waals surface area contributed by atoms with Crippen LogP contribution >= 0.6 is 22.7 Å². The van der Waals surface area contributed by atoms with Gasteiger partial charge in [0.1, 0.15) is 11.6 Å². The van der Waals surface area contributed by atoms with Crippen molar-refractivity contribution in [2.75, 3.05) is 5.32 Å². The van der Waals surface area contributed by atoms with Crippen LogP contribution in [0.2, 0.25) is 0 Å². The minimum absolute atomic E-state index is 0.785. The molecular weight excluding hydrogens is 675 g/mol. The summed E-state index contributed by atoms with van der Waals surface area (Å²) < 4.78 is 2.55. The summed E-state index contributed by atoms with van der Waals surface area (Å²) in [5, 5.41) is 10.2. The molecule has 4 heterocycles. The summed E-state index contributed by atoms with van der Waals surface area (Å²) in [6.45, 7) is 0.